The van der Waals surface area contributed by atoms with Gasteiger partial charge in [-0.2, -0.15) is 0 Å². The number of ether oxygens (including phenoxy) is 1. The van der Waals surface area contributed by atoms with Crippen molar-refractivity contribution in [1.29, 1.82) is 0 Å². The SMILES string of the molecule is c1ccc(COc2ccc(-c3ccc[nH]3)cc2)cc1. The second-order valence-corrected chi connectivity index (χ2v) is 4.38. The van der Waals surface area contributed by atoms with E-state index < -0.39 is 0 Å². The van der Waals surface area contributed by atoms with Crippen LogP contribution in [0.5, 0.6) is 5.75 Å². The fourth-order valence-corrected chi connectivity index (χ4v) is 1.98. The number of H-pyrrole nitrogens is 1. The molecule has 2 heteroatoms. The van der Waals surface area contributed by atoms with Crippen molar-refractivity contribution in [3.63, 3.8) is 0 Å². The standard InChI is InChI=1S/C17H15NO/c1-2-5-14(6-3-1)13-19-16-10-8-15(9-11-16)17-7-4-12-18-17/h1-12,18H,13H2. The van der Waals surface area contributed by atoms with Crippen molar-refractivity contribution < 1.29 is 4.74 Å². The maximum absolute atomic E-state index is 5.75. The largest absolute Gasteiger partial charge is 0.489 e. The number of hydrogen-bond acceptors (Lipinski definition) is 1. The minimum absolute atomic E-state index is 0.600. The van der Waals surface area contributed by atoms with Crippen molar-refractivity contribution in [1.82, 2.24) is 4.98 Å². The molecule has 2 nitrogen and oxygen atoms in total. The fraction of sp³-hybridized carbons (Fsp3) is 0.0588. The Morgan fingerprint density at radius 1 is 0.789 bits per heavy atom. The summed E-state index contributed by atoms with van der Waals surface area (Å²) in [7, 11) is 0. The van der Waals surface area contributed by atoms with E-state index in [1.54, 1.807) is 0 Å². The van der Waals surface area contributed by atoms with E-state index in [-0.39, 0.29) is 0 Å². The van der Waals surface area contributed by atoms with Gasteiger partial charge in [0, 0.05) is 11.9 Å². The Kier molecular flexibility index (Phi) is 3.32. The second kappa shape index (κ2) is 5.44. The molecule has 0 bridgehead atoms. The number of hydrogen-bond donors (Lipinski definition) is 1. The molecule has 3 aromatic rings. The van der Waals surface area contributed by atoms with Gasteiger partial charge < -0.3 is 9.72 Å². The lowest BCUT2D eigenvalue weighted by molar-refractivity contribution is 0.306. The Hall–Kier alpha value is -2.48. The van der Waals surface area contributed by atoms with Gasteiger partial charge >= 0.3 is 0 Å². The predicted octanol–water partition coefficient (Wildman–Crippen LogP) is 4.26. The van der Waals surface area contributed by atoms with E-state index in [1.807, 2.05) is 42.6 Å². The minimum atomic E-state index is 0.600. The molecule has 0 atom stereocenters. The topological polar surface area (TPSA) is 25.0 Å². The molecule has 3 rings (SSSR count). The van der Waals surface area contributed by atoms with Crippen LogP contribution in [0.15, 0.2) is 72.9 Å². The third kappa shape index (κ3) is 2.86. The second-order valence-electron chi connectivity index (χ2n) is 4.38. The maximum atomic E-state index is 5.75. The zero-order valence-electron chi connectivity index (χ0n) is 10.5. The molecule has 0 radical (unpaired) electrons. The molecule has 0 aliphatic heterocycles. The molecular formula is C17H15NO. The zero-order chi connectivity index (χ0) is 12.9. The van der Waals surface area contributed by atoms with E-state index in [0.29, 0.717) is 6.61 Å². The molecule has 2 aromatic carbocycles. The number of aromatic nitrogens is 1. The summed E-state index contributed by atoms with van der Waals surface area (Å²) in [5.74, 6) is 0.888. The van der Waals surface area contributed by atoms with E-state index in [1.165, 1.54) is 5.56 Å². The first-order valence-electron chi connectivity index (χ1n) is 6.32. The van der Waals surface area contributed by atoms with Crippen molar-refractivity contribution in [2.45, 2.75) is 6.61 Å². The van der Waals surface area contributed by atoms with Gasteiger partial charge in [-0.25, -0.2) is 0 Å². The van der Waals surface area contributed by atoms with Gasteiger partial charge in [0.15, 0.2) is 0 Å². The predicted molar refractivity (Wildman–Crippen MR) is 77.0 cm³/mol. The van der Waals surface area contributed by atoms with Crippen molar-refractivity contribution >= 4 is 0 Å². The Morgan fingerprint density at radius 2 is 1.58 bits per heavy atom. The lowest BCUT2D eigenvalue weighted by Crippen LogP contribution is -1.94. The van der Waals surface area contributed by atoms with E-state index >= 15 is 0 Å². The lowest BCUT2D eigenvalue weighted by atomic mass is 10.1. The molecule has 1 N–H and O–H groups in total. The average Bonchev–Trinajstić information content (AvgIpc) is 3.01. The van der Waals surface area contributed by atoms with Gasteiger partial charge in [0.1, 0.15) is 12.4 Å². The average molecular weight is 249 g/mol. The summed E-state index contributed by atoms with van der Waals surface area (Å²) >= 11 is 0. The van der Waals surface area contributed by atoms with E-state index in [0.717, 1.165) is 17.0 Å². The highest BCUT2D eigenvalue weighted by Gasteiger charge is 1.99. The molecular weight excluding hydrogens is 234 g/mol. The van der Waals surface area contributed by atoms with Gasteiger partial charge in [-0.3, -0.25) is 0 Å². The van der Waals surface area contributed by atoms with Gasteiger partial charge in [0.05, 0.1) is 0 Å². The van der Waals surface area contributed by atoms with Crippen LogP contribution in [-0.4, -0.2) is 4.98 Å². The van der Waals surface area contributed by atoms with Crippen molar-refractivity contribution in [2.75, 3.05) is 0 Å². The summed E-state index contributed by atoms with van der Waals surface area (Å²) in [5.41, 5.74) is 3.46. The van der Waals surface area contributed by atoms with Gasteiger partial charge in [-0.05, 0) is 47.5 Å². The Morgan fingerprint density at radius 3 is 2.26 bits per heavy atom. The van der Waals surface area contributed by atoms with E-state index in [2.05, 4.69) is 35.3 Å². The highest BCUT2D eigenvalue weighted by Crippen LogP contribution is 2.21. The minimum Gasteiger partial charge on any atom is -0.489 e. The molecule has 0 aliphatic rings. The van der Waals surface area contributed by atoms with Crippen LogP contribution in [0.4, 0.5) is 0 Å². The Bertz CT molecular complexity index is 612. The first-order valence-corrected chi connectivity index (χ1v) is 6.32. The highest BCUT2D eigenvalue weighted by molar-refractivity contribution is 5.60. The first-order chi connectivity index (χ1) is 9.42. The van der Waals surface area contributed by atoms with Gasteiger partial charge in [-0.1, -0.05) is 30.3 Å². The molecule has 1 heterocycles. The molecule has 0 saturated carbocycles. The summed E-state index contributed by atoms with van der Waals surface area (Å²) in [5, 5.41) is 0. The molecule has 19 heavy (non-hydrogen) atoms. The van der Waals surface area contributed by atoms with Crippen LogP contribution in [0.3, 0.4) is 0 Å². The van der Waals surface area contributed by atoms with Crippen LogP contribution in [0, 0.1) is 0 Å². The van der Waals surface area contributed by atoms with Crippen molar-refractivity contribution in [3.8, 4) is 17.0 Å². The summed E-state index contributed by atoms with van der Waals surface area (Å²) < 4.78 is 5.75. The number of rotatable bonds is 4. The molecule has 0 aliphatic carbocycles. The number of benzene rings is 2. The molecule has 1 aromatic heterocycles. The summed E-state index contributed by atoms with van der Waals surface area (Å²) in [4.78, 5) is 3.19. The maximum Gasteiger partial charge on any atom is 0.119 e. The summed E-state index contributed by atoms with van der Waals surface area (Å²) in [6.07, 6.45) is 1.93. The first kappa shape index (κ1) is 11.6. The molecule has 0 saturated heterocycles. The quantitative estimate of drug-likeness (QED) is 0.734. The normalized spacial score (nSPS) is 10.3. The highest BCUT2D eigenvalue weighted by atomic mass is 16.5. The number of nitrogens with one attached hydrogen (secondary N) is 1. The van der Waals surface area contributed by atoms with E-state index in [9.17, 15) is 0 Å². The molecule has 0 amide bonds. The summed E-state index contributed by atoms with van der Waals surface area (Å²) in [6, 6.07) is 22.3. The van der Waals surface area contributed by atoms with Crippen LogP contribution < -0.4 is 4.74 Å². The van der Waals surface area contributed by atoms with Crippen LogP contribution in [0.2, 0.25) is 0 Å². The van der Waals surface area contributed by atoms with Crippen LogP contribution in [0.25, 0.3) is 11.3 Å². The summed E-state index contributed by atoms with van der Waals surface area (Å²) in [6.45, 7) is 0.600. The lowest BCUT2D eigenvalue weighted by Gasteiger charge is -2.07. The molecule has 0 unspecified atom stereocenters. The monoisotopic (exact) mass is 249 g/mol. The molecule has 94 valence electrons. The third-order valence-corrected chi connectivity index (χ3v) is 3.01. The van der Waals surface area contributed by atoms with Crippen LogP contribution in [0.1, 0.15) is 5.56 Å². The smallest absolute Gasteiger partial charge is 0.119 e. The number of aromatic amines is 1. The zero-order valence-corrected chi connectivity index (χ0v) is 10.5. The van der Waals surface area contributed by atoms with Gasteiger partial charge in [-0.15, -0.1) is 0 Å². The van der Waals surface area contributed by atoms with Gasteiger partial charge in [0.2, 0.25) is 0 Å². The van der Waals surface area contributed by atoms with E-state index in [4.69, 9.17) is 4.74 Å². The Labute approximate surface area is 112 Å². The Balaban J connectivity index is 1.67. The third-order valence-electron chi connectivity index (χ3n) is 3.01. The van der Waals surface area contributed by atoms with Gasteiger partial charge in [0.25, 0.3) is 0 Å². The fourth-order valence-electron chi connectivity index (χ4n) is 1.98. The molecule has 0 fully saturated rings. The molecule has 0 spiro atoms. The van der Waals surface area contributed by atoms with Crippen molar-refractivity contribution in [3.05, 3.63) is 78.5 Å². The van der Waals surface area contributed by atoms with Crippen LogP contribution >= 0.6 is 0 Å². The van der Waals surface area contributed by atoms with Crippen LogP contribution in [-0.2, 0) is 6.61 Å². The van der Waals surface area contributed by atoms with Crippen molar-refractivity contribution in [2.24, 2.45) is 0 Å².